The maximum atomic E-state index is 12.1. The number of hydrogen-bond donors (Lipinski definition) is 1. The van der Waals surface area contributed by atoms with E-state index in [1.54, 1.807) is 24.0 Å². The van der Waals surface area contributed by atoms with Gasteiger partial charge in [0.2, 0.25) is 0 Å². The van der Waals surface area contributed by atoms with E-state index in [4.69, 9.17) is 5.10 Å². The van der Waals surface area contributed by atoms with Crippen molar-refractivity contribution in [3.8, 4) is 0 Å². The van der Waals surface area contributed by atoms with Gasteiger partial charge in [-0.1, -0.05) is 0 Å². The van der Waals surface area contributed by atoms with Crippen LogP contribution < -0.4 is 10.2 Å². The molecule has 1 saturated heterocycles. The SMILES string of the molecule is Cn1nccc1C(=O)NCC1CN(c2ccc3nnc(C4CC4)n3n2)C1. The van der Waals surface area contributed by atoms with Gasteiger partial charge >= 0.3 is 0 Å². The number of carbonyl (C=O) groups excluding carboxylic acids is 1. The number of aromatic nitrogens is 6. The molecule has 1 saturated carbocycles. The summed E-state index contributed by atoms with van der Waals surface area (Å²) in [5.41, 5.74) is 1.38. The zero-order valence-corrected chi connectivity index (χ0v) is 14.5. The predicted octanol–water partition coefficient (Wildman–Crippen LogP) is 0.601. The molecule has 3 aromatic heterocycles. The molecular weight excluding hydrogens is 332 g/mol. The molecule has 0 aromatic carbocycles. The summed E-state index contributed by atoms with van der Waals surface area (Å²) in [6.45, 7) is 2.42. The van der Waals surface area contributed by atoms with Crippen LogP contribution in [0.25, 0.3) is 5.65 Å². The molecule has 3 aromatic rings. The second kappa shape index (κ2) is 5.79. The Kier molecular flexibility index (Phi) is 3.41. The van der Waals surface area contributed by atoms with E-state index in [0.29, 0.717) is 24.1 Å². The van der Waals surface area contributed by atoms with Crippen molar-refractivity contribution in [3.63, 3.8) is 0 Å². The molecule has 0 spiro atoms. The molecule has 0 radical (unpaired) electrons. The Labute approximate surface area is 150 Å². The zero-order chi connectivity index (χ0) is 17.7. The average Bonchev–Trinajstić information content (AvgIpc) is 3.21. The van der Waals surface area contributed by atoms with Gasteiger partial charge in [0.25, 0.3) is 5.91 Å². The molecule has 2 aliphatic rings. The molecule has 2 fully saturated rings. The maximum Gasteiger partial charge on any atom is 0.269 e. The van der Waals surface area contributed by atoms with E-state index in [1.165, 1.54) is 12.8 Å². The Morgan fingerprint density at radius 3 is 2.81 bits per heavy atom. The number of aryl methyl sites for hydroxylation is 1. The van der Waals surface area contributed by atoms with Crippen molar-refractivity contribution < 1.29 is 4.79 Å². The van der Waals surface area contributed by atoms with Crippen molar-refractivity contribution in [1.29, 1.82) is 0 Å². The molecule has 0 unspecified atom stereocenters. The predicted molar refractivity (Wildman–Crippen MR) is 94.0 cm³/mol. The topological polar surface area (TPSA) is 93.2 Å². The van der Waals surface area contributed by atoms with Crippen LogP contribution in [0, 0.1) is 5.92 Å². The number of carbonyl (C=O) groups is 1. The van der Waals surface area contributed by atoms with Crippen LogP contribution in [0.3, 0.4) is 0 Å². The van der Waals surface area contributed by atoms with Crippen LogP contribution in [-0.2, 0) is 7.05 Å². The Morgan fingerprint density at radius 2 is 2.08 bits per heavy atom. The number of rotatable bonds is 5. The van der Waals surface area contributed by atoms with Crippen LogP contribution in [-0.4, -0.2) is 55.1 Å². The summed E-state index contributed by atoms with van der Waals surface area (Å²) in [6, 6.07) is 5.68. The Bertz CT molecular complexity index is 966. The van der Waals surface area contributed by atoms with Crippen molar-refractivity contribution in [1.82, 2.24) is 34.9 Å². The van der Waals surface area contributed by atoms with Gasteiger partial charge in [-0.2, -0.15) is 9.61 Å². The minimum absolute atomic E-state index is 0.0819. The van der Waals surface area contributed by atoms with E-state index in [-0.39, 0.29) is 5.91 Å². The summed E-state index contributed by atoms with van der Waals surface area (Å²) >= 11 is 0. The Balaban J connectivity index is 1.20. The van der Waals surface area contributed by atoms with E-state index in [9.17, 15) is 4.79 Å². The van der Waals surface area contributed by atoms with Gasteiger partial charge in [-0.3, -0.25) is 9.48 Å². The van der Waals surface area contributed by atoms with Crippen LogP contribution in [0.1, 0.15) is 35.1 Å². The molecule has 5 rings (SSSR count). The Hall–Kier alpha value is -2.97. The van der Waals surface area contributed by atoms with Gasteiger partial charge < -0.3 is 10.2 Å². The summed E-state index contributed by atoms with van der Waals surface area (Å²) in [5, 5.41) is 20.2. The lowest BCUT2D eigenvalue weighted by atomic mass is 10.0. The van der Waals surface area contributed by atoms with Crippen LogP contribution in [0.15, 0.2) is 24.4 Å². The molecule has 0 bridgehead atoms. The van der Waals surface area contributed by atoms with E-state index < -0.39 is 0 Å². The molecule has 9 heteroatoms. The molecule has 4 heterocycles. The number of fused-ring (bicyclic) bond motifs is 1. The van der Waals surface area contributed by atoms with E-state index in [1.807, 2.05) is 16.6 Å². The summed E-state index contributed by atoms with van der Waals surface area (Å²) in [6.07, 6.45) is 3.98. The smallest absolute Gasteiger partial charge is 0.269 e. The fourth-order valence-corrected chi connectivity index (χ4v) is 3.37. The van der Waals surface area contributed by atoms with Gasteiger partial charge in [-0.05, 0) is 31.0 Å². The van der Waals surface area contributed by atoms with Crippen molar-refractivity contribution in [3.05, 3.63) is 35.9 Å². The van der Waals surface area contributed by atoms with Crippen LogP contribution in [0.2, 0.25) is 0 Å². The molecule has 1 N–H and O–H groups in total. The summed E-state index contributed by atoms with van der Waals surface area (Å²) < 4.78 is 3.46. The first kappa shape index (κ1) is 15.3. The first-order valence-corrected chi connectivity index (χ1v) is 8.92. The third-order valence-corrected chi connectivity index (χ3v) is 5.10. The fourth-order valence-electron chi connectivity index (χ4n) is 3.37. The molecule has 134 valence electrons. The van der Waals surface area contributed by atoms with Gasteiger partial charge in [0, 0.05) is 44.7 Å². The molecule has 1 aliphatic carbocycles. The molecule has 9 nitrogen and oxygen atoms in total. The lowest BCUT2D eigenvalue weighted by Crippen LogP contribution is -2.52. The highest BCUT2D eigenvalue weighted by Crippen LogP contribution is 2.38. The minimum atomic E-state index is -0.0819. The van der Waals surface area contributed by atoms with Crippen LogP contribution in [0.5, 0.6) is 0 Å². The third kappa shape index (κ3) is 2.59. The minimum Gasteiger partial charge on any atom is -0.354 e. The van der Waals surface area contributed by atoms with Gasteiger partial charge in [0.15, 0.2) is 11.5 Å². The quantitative estimate of drug-likeness (QED) is 0.723. The number of nitrogens with one attached hydrogen (secondary N) is 1. The molecule has 1 amide bonds. The standard InChI is InChI=1S/C17H20N8O/c1-23-13(6-7-19-23)17(26)18-8-11-9-24(10-11)15-5-4-14-20-21-16(12-2-3-12)25(14)22-15/h4-7,11-12H,2-3,8-10H2,1H3,(H,18,26). The van der Waals surface area contributed by atoms with E-state index >= 15 is 0 Å². The highest BCUT2D eigenvalue weighted by atomic mass is 16.2. The monoisotopic (exact) mass is 352 g/mol. The van der Waals surface area contributed by atoms with Crippen molar-refractivity contribution in [2.45, 2.75) is 18.8 Å². The van der Waals surface area contributed by atoms with E-state index in [0.717, 1.165) is 30.4 Å². The number of hydrogen-bond acceptors (Lipinski definition) is 6. The van der Waals surface area contributed by atoms with Crippen LogP contribution in [0.4, 0.5) is 5.82 Å². The maximum absolute atomic E-state index is 12.1. The van der Waals surface area contributed by atoms with Crippen LogP contribution >= 0.6 is 0 Å². The summed E-state index contributed by atoms with van der Waals surface area (Å²) in [7, 11) is 1.77. The van der Waals surface area contributed by atoms with Crippen molar-refractivity contribution in [2.75, 3.05) is 24.5 Å². The van der Waals surface area contributed by atoms with Gasteiger partial charge in [0.05, 0.1) is 0 Å². The largest absolute Gasteiger partial charge is 0.354 e. The zero-order valence-electron chi connectivity index (χ0n) is 14.5. The Morgan fingerprint density at radius 1 is 1.23 bits per heavy atom. The lowest BCUT2D eigenvalue weighted by Gasteiger charge is -2.40. The van der Waals surface area contributed by atoms with E-state index in [2.05, 4.69) is 25.5 Å². The summed E-state index contributed by atoms with van der Waals surface area (Å²) in [4.78, 5) is 14.4. The van der Waals surface area contributed by atoms with Crippen molar-refractivity contribution >= 4 is 17.4 Å². The third-order valence-electron chi connectivity index (χ3n) is 5.10. The van der Waals surface area contributed by atoms with Gasteiger partial charge in [0.1, 0.15) is 11.5 Å². The summed E-state index contributed by atoms with van der Waals surface area (Å²) in [5.74, 6) is 2.77. The number of amides is 1. The van der Waals surface area contributed by atoms with Gasteiger partial charge in [-0.15, -0.1) is 15.3 Å². The average molecular weight is 352 g/mol. The van der Waals surface area contributed by atoms with Gasteiger partial charge in [-0.25, -0.2) is 0 Å². The molecule has 1 aliphatic heterocycles. The second-order valence-corrected chi connectivity index (χ2v) is 7.12. The highest BCUT2D eigenvalue weighted by Gasteiger charge is 2.31. The number of anilines is 1. The first-order chi connectivity index (χ1) is 12.7. The fraction of sp³-hybridized carbons (Fsp3) is 0.471. The molecular formula is C17H20N8O. The first-order valence-electron chi connectivity index (χ1n) is 8.92. The lowest BCUT2D eigenvalue weighted by molar-refractivity contribution is 0.0935. The second-order valence-electron chi connectivity index (χ2n) is 7.12. The number of nitrogens with zero attached hydrogens (tertiary/aromatic N) is 7. The van der Waals surface area contributed by atoms with Crippen molar-refractivity contribution in [2.24, 2.45) is 13.0 Å². The molecule has 26 heavy (non-hydrogen) atoms. The molecule has 0 atom stereocenters. The normalized spacial score (nSPS) is 17.5. The highest BCUT2D eigenvalue weighted by molar-refractivity contribution is 5.92.